The van der Waals surface area contributed by atoms with E-state index in [4.69, 9.17) is 0 Å². The normalized spacial score (nSPS) is 22.0. The molecule has 1 aliphatic rings. The maximum absolute atomic E-state index is 12.0. The largest absolute Gasteiger partial charge is 0.316 e. The highest BCUT2D eigenvalue weighted by atomic mass is 79.9. The molecule has 1 unspecified atom stereocenters. The minimum Gasteiger partial charge on any atom is -0.316 e. The molecule has 88 valence electrons. The van der Waals surface area contributed by atoms with E-state index in [-0.39, 0.29) is 11.9 Å². The number of nitrogens with one attached hydrogen (secondary N) is 2. The molecule has 1 aromatic heterocycles. The van der Waals surface area contributed by atoms with Crippen LogP contribution < -0.4 is 10.6 Å². The van der Waals surface area contributed by atoms with Crippen LogP contribution in [0.1, 0.15) is 0 Å². The second-order valence-corrected chi connectivity index (χ2v) is 6.26. The predicted molar refractivity (Wildman–Crippen MR) is 69.9 cm³/mol. The number of carbonyl (C=O) groups excluding carboxylic acids is 1. The molecule has 1 fully saturated rings. The van der Waals surface area contributed by atoms with Crippen molar-refractivity contribution < 1.29 is 4.79 Å². The Morgan fingerprint density at radius 3 is 3.12 bits per heavy atom. The van der Waals surface area contributed by atoms with Gasteiger partial charge in [-0.15, -0.1) is 11.3 Å². The van der Waals surface area contributed by atoms with E-state index in [9.17, 15) is 4.79 Å². The van der Waals surface area contributed by atoms with Gasteiger partial charge in [0.2, 0.25) is 5.91 Å². The lowest BCUT2D eigenvalue weighted by atomic mass is 10.2. The molecule has 1 aromatic rings. The SMILES string of the molecule is CN1CCNCC1C(=O)Nc1ccc(Br)s1. The molecule has 1 amide bonds. The Hall–Kier alpha value is -0.430. The maximum Gasteiger partial charge on any atom is 0.243 e. The summed E-state index contributed by atoms with van der Waals surface area (Å²) < 4.78 is 1.03. The third-order valence-corrected chi connectivity index (χ3v) is 4.17. The zero-order valence-electron chi connectivity index (χ0n) is 9.00. The molecule has 4 nitrogen and oxygen atoms in total. The quantitative estimate of drug-likeness (QED) is 0.867. The molecule has 0 bridgehead atoms. The molecule has 2 rings (SSSR count). The number of halogens is 1. The minimum absolute atomic E-state index is 0.0593. The number of thiophene rings is 1. The van der Waals surface area contributed by atoms with Crippen LogP contribution in [-0.2, 0) is 4.79 Å². The van der Waals surface area contributed by atoms with Gasteiger partial charge < -0.3 is 10.6 Å². The Labute approximate surface area is 107 Å². The molecule has 0 radical (unpaired) electrons. The average molecular weight is 304 g/mol. The monoisotopic (exact) mass is 303 g/mol. The number of hydrogen-bond donors (Lipinski definition) is 2. The van der Waals surface area contributed by atoms with Gasteiger partial charge >= 0.3 is 0 Å². The second kappa shape index (κ2) is 5.27. The Kier molecular flexibility index (Phi) is 3.96. The highest BCUT2D eigenvalue weighted by molar-refractivity contribution is 9.11. The summed E-state index contributed by atoms with van der Waals surface area (Å²) in [5.41, 5.74) is 0. The van der Waals surface area contributed by atoms with Gasteiger partial charge in [0.05, 0.1) is 8.79 Å². The van der Waals surface area contributed by atoms with E-state index < -0.39 is 0 Å². The van der Waals surface area contributed by atoms with Crippen molar-refractivity contribution in [3.63, 3.8) is 0 Å². The van der Waals surface area contributed by atoms with E-state index >= 15 is 0 Å². The minimum atomic E-state index is -0.0744. The first-order valence-corrected chi connectivity index (χ1v) is 6.75. The van der Waals surface area contributed by atoms with E-state index in [0.29, 0.717) is 0 Å². The van der Waals surface area contributed by atoms with Crippen molar-refractivity contribution in [2.75, 3.05) is 32.0 Å². The Balaban J connectivity index is 1.96. The molecule has 16 heavy (non-hydrogen) atoms. The van der Waals surface area contributed by atoms with E-state index in [1.54, 1.807) is 0 Å². The van der Waals surface area contributed by atoms with E-state index in [1.165, 1.54) is 11.3 Å². The molecule has 0 aromatic carbocycles. The number of likely N-dealkylation sites (N-methyl/N-ethyl adjacent to an activating group) is 1. The Morgan fingerprint density at radius 2 is 2.50 bits per heavy atom. The van der Waals surface area contributed by atoms with Crippen LogP contribution in [0.25, 0.3) is 0 Å². The van der Waals surface area contributed by atoms with E-state index in [0.717, 1.165) is 28.4 Å². The molecule has 2 heterocycles. The van der Waals surface area contributed by atoms with Crippen molar-refractivity contribution in [2.45, 2.75) is 6.04 Å². The summed E-state index contributed by atoms with van der Waals surface area (Å²) in [7, 11) is 1.98. The van der Waals surface area contributed by atoms with E-state index in [1.807, 2.05) is 19.2 Å². The van der Waals surface area contributed by atoms with Gasteiger partial charge in [-0.05, 0) is 35.1 Å². The highest BCUT2D eigenvalue weighted by Crippen LogP contribution is 2.26. The summed E-state index contributed by atoms with van der Waals surface area (Å²) in [6, 6.07) is 3.76. The van der Waals surface area contributed by atoms with Gasteiger partial charge in [-0.1, -0.05) is 0 Å². The first kappa shape index (κ1) is 12.0. The van der Waals surface area contributed by atoms with Crippen LogP contribution in [0.4, 0.5) is 5.00 Å². The third kappa shape index (κ3) is 2.82. The van der Waals surface area contributed by atoms with Crippen molar-refractivity contribution in [3.8, 4) is 0 Å². The fourth-order valence-corrected chi connectivity index (χ4v) is 2.97. The number of hydrogen-bond acceptors (Lipinski definition) is 4. The van der Waals surface area contributed by atoms with Crippen molar-refractivity contribution in [1.82, 2.24) is 10.2 Å². The maximum atomic E-state index is 12.0. The summed E-state index contributed by atoms with van der Waals surface area (Å²) >= 11 is 4.90. The van der Waals surface area contributed by atoms with Gasteiger partial charge in [-0.3, -0.25) is 9.69 Å². The lowest BCUT2D eigenvalue weighted by molar-refractivity contribution is -0.121. The first-order valence-electron chi connectivity index (χ1n) is 5.14. The average Bonchev–Trinajstić information content (AvgIpc) is 2.64. The molecular weight excluding hydrogens is 290 g/mol. The number of carbonyl (C=O) groups is 1. The highest BCUT2D eigenvalue weighted by Gasteiger charge is 2.25. The van der Waals surface area contributed by atoms with Crippen LogP contribution in [0.2, 0.25) is 0 Å². The fraction of sp³-hybridized carbons (Fsp3) is 0.500. The van der Waals surface area contributed by atoms with Crippen LogP contribution in [0, 0.1) is 0 Å². The summed E-state index contributed by atoms with van der Waals surface area (Å²) in [6.45, 7) is 2.58. The zero-order valence-corrected chi connectivity index (χ0v) is 11.4. The predicted octanol–water partition coefficient (Wildman–Crippen LogP) is 1.35. The zero-order chi connectivity index (χ0) is 11.5. The number of amides is 1. The number of nitrogens with zero attached hydrogens (tertiary/aromatic N) is 1. The van der Waals surface area contributed by atoms with Gasteiger partial charge in [0.15, 0.2) is 0 Å². The summed E-state index contributed by atoms with van der Waals surface area (Å²) in [4.78, 5) is 14.1. The Bertz CT molecular complexity index is 382. The molecule has 0 spiro atoms. The van der Waals surface area contributed by atoms with Crippen molar-refractivity contribution in [1.29, 1.82) is 0 Å². The van der Waals surface area contributed by atoms with Gasteiger partial charge in [0.1, 0.15) is 6.04 Å². The molecule has 6 heteroatoms. The van der Waals surface area contributed by atoms with Crippen molar-refractivity contribution in [2.24, 2.45) is 0 Å². The van der Waals surface area contributed by atoms with Crippen molar-refractivity contribution in [3.05, 3.63) is 15.9 Å². The molecule has 0 aliphatic carbocycles. The topological polar surface area (TPSA) is 44.4 Å². The molecular formula is C10H14BrN3OS. The lowest BCUT2D eigenvalue weighted by Crippen LogP contribution is -2.54. The summed E-state index contributed by atoms with van der Waals surface area (Å²) in [6.07, 6.45) is 0. The second-order valence-electron chi connectivity index (χ2n) is 3.79. The molecule has 1 aliphatic heterocycles. The number of rotatable bonds is 2. The van der Waals surface area contributed by atoms with Gasteiger partial charge in [-0.25, -0.2) is 0 Å². The Morgan fingerprint density at radius 1 is 1.69 bits per heavy atom. The van der Waals surface area contributed by atoms with Crippen LogP contribution >= 0.6 is 27.3 Å². The molecule has 1 saturated heterocycles. The van der Waals surface area contributed by atoms with Crippen LogP contribution in [0.5, 0.6) is 0 Å². The first-order chi connectivity index (χ1) is 7.66. The molecule has 0 saturated carbocycles. The van der Waals surface area contributed by atoms with Gasteiger partial charge in [-0.2, -0.15) is 0 Å². The van der Waals surface area contributed by atoms with Crippen molar-refractivity contribution >= 4 is 38.2 Å². The van der Waals surface area contributed by atoms with Crippen LogP contribution in [0.15, 0.2) is 15.9 Å². The fourth-order valence-electron chi connectivity index (χ4n) is 1.68. The van der Waals surface area contributed by atoms with Crippen LogP contribution in [-0.4, -0.2) is 43.5 Å². The van der Waals surface area contributed by atoms with E-state index in [2.05, 4.69) is 31.5 Å². The van der Waals surface area contributed by atoms with Gasteiger partial charge in [0, 0.05) is 19.6 Å². The molecule has 2 N–H and O–H groups in total. The number of piperazine rings is 1. The lowest BCUT2D eigenvalue weighted by Gasteiger charge is -2.31. The summed E-state index contributed by atoms with van der Waals surface area (Å²) in [5, 5.41) is 7.04. The summed E-state index contributed by atoms with van der Waals surface area (Å²) in [5.74, 6) is 0.0593. The number of anilines is 1. The smallest absolute Gasteiger partial charge is 0.243 e. The molecule has 1 atom stereocenters. The van der Waals surface area contributed by atoms with Gasteiger partial charge in [0.25, 0.3) is 0 Å². The third-order valence-electron chi connectivity index (χ3n) is 2.63. The van der Waals surface area contributed by atoms with Crippen LogP contribution in [0.3, 0.4) is 0 Å². The standard InChI is InChI=1S/C10H14BrN3OS/c1-14-5-4-12-6-7(14)10(15)13-9-3-2-8(11)16-9/h2-3,7,12H,4-6H2,1H3,(H,13,15).